The number of rotatable bonds is 5. The molecule has 2 rings (SSSR count). The Morgan fingerprint density at radius 3 is 2.19 bits per heavy atom. The second kappa shape index (κ2) is 6.55. The van der Waals surface area contributed by atoms with Crippen molar-refractivity contribution in [1.29, 1.82) is 0 Å². The maximum Gasteiger partial charge on any atom is 0.224 e. The highest BCUT2D eigenvalue weighted by Crippen LogP contribution is 2.19. The fourth-order valence-electron chi connectivity index (χ4n) is 2.07. The molecule has 0 saturated heterocycles. The second-order valence-corrected chi connectivity index (χ2v) is 5.70. The Morgan fingerprint density at radius 1 is 1.00 bits per heavy atom. The molecule has 2 N–H and O–H groups in total. The van der Waals surface area contributed by atoms with Gasteiger partial charge in [-0.2, -0.15) is 0 Å². The minimum atomic E-state index is -0.838. The summed E-state index contributed by atoms with van der Waals surface area (Å²) in [5.74, 6) is 0.00719. The van der Waals surface area contributed by atoms with Gasteiger partial charge in [0.25, 0.3) is 0 Å². The van der Waals surface area contributed by atoms with Gasteiger partial charge in [0.1, 0.15) is 0 Å². The standard InChI is InChI=1S/C18H21NO2/c1-18(2,21)16-10-8-15(9-11-16)13-19-17(20)12-14-6-4-3-5-7-14/h3-11,21H,12-13H2,1-2H3,(H,19,20). The van der Waals surface area contributed by atoms with E-state index in [2.05, 4.69) is 5.32 Å². The van der Waals surface area contributed by atoms with E-state index in [9.17, 15) is 9.90 Å². The molecule has 110 valence electrons. The van der Waals surface area contributed by atoms with Gasteiger partial charge in [-0.05, 0) is 30.5 Å². The first-order valence-corrected chi connectivity index (χ1v) is 7.07. The van der Waals surface area contributed by atoms with Crippen LogP contribution in [0, 0.1) is 0 Å². The largest absolute Gasteiger partial charge is 0.386 e. The lowest BCUT2D eigenvalue weighted by Gasteiger charge is -2.18. The molecule has 2 aromatic carbocycles. The molecular formula is C18H21NO2. The molecule has 0 aliphatic rings. The van der Waals surface area contributed by atoms with E-state index in [4.69, 9.17) is 0 Å². The van der Waals surface area contributed by atoms with Crippen molar-refractivity contribution in [3.8, 4) is 0 Å². The maximum absolute atomic E-state index is 11.9. The summed E-state index contributed by atoms with van der Waals surface area (Å²) in [6, 6.07) is 17.3. The van der Waals surface area contributed by atoms with Crippen LogP contribution in [0.1, 0.15) is 30.5 Å². The molecule has 2 aromatic rings. The minimum Gasteiger partial charge on any atom is -0.386 e. The third kappa shape index (κ3) is 4.72. The predicted octanol–water partition coefficient (Wildman–Crippen LogP) is 2.77. The van der Waals surface area contributed by atoms with E-state index in [0.29, 0.717) is 13.0 Å². The van der Waals surface area contributed by atoms with Gasteiger partial charge < -0.3 is 10.4 Å². The van der Waals surface area contributed by atoms with E-state index in [1.807, 2.05) is 54.6 Å². The Hall–Kier alpha value is -2.13. The van der Waals surface area contributed by atoms with Crippen LogP contribution in [0.2, 0.25) is 0 Å². The fourth-order valence-corrected chi connectivity index (χ4v) is 2.07. The van der Waals surface area contributed by atoms with Crippen LogP contribution in [0.25, 0.3) is 0 Å². The van der Waals surface area contributed by atoms with Crippen molar-refractivity contribution in [3.63, 3.8) is 0 Å². The van der Waals surface area contributed by atoms with Crippen molar-refractivity contribution in [2.75, 3.05) is 0 Å². The number of hydrogen-bond donors (Lipinski definition) is 2. The van der Waals surface area contributed by atoms with Crippen molar-refractivity contribution < 1.29 is 9.90 Å². The zero-order valence-electron chi connectivity index (χ0n) is 12.5. The van der Waals surface area contributed by atoms with Gasteiger partial charge >= 0.3 is 0 Å². The number of nitrogens with one attached hydrogen (secondary N) is 1. The molecule has 0 radical (unpaired) electrons. The van der Waals surface area contributed by atoms with Crippen LogP contribution in [-0.2, 0) is 23.4 Å². The summed E-state index contributed by atoms with van der Waals surface area (Å²) in [5, 5.41) is 12.8. The van der Waals surface area contributed by atoms with E-state index in [0.717, 1.165) is 16.7 Å². The fraction of sp³-hybridized carbons (Fsp3) is 0.278. The van der Waals surface area contributed by atoms with E-state index < -0.39 is 5.60 Å². The van der Waals surface area contributed by atoms with Crippen molar-refractivity contribution in [1.82, 2.24) is 5.32 Å². The van der Waals surface area contributed by atoms with Crippen LogP contribution in [0.3, 0.4) is 0 Å². The summed E-state index contributed by atoms with van der Waals surface area (Å²) < 4.78 is 0. The topological polar surface area (TPSA) is 49.3 Å². The third-order valence-corrected chi connectivity index (χ3v) is 3.36. The molecule has 0 atom stereocenters. The Bertz CT molecular complexity index is 583. The summed E-state index contributed by atoms with van der Waals surface area (Å²) in [6.45, 7) is 4.01. The molecule has 0 heterocycles. The molecule has 0 fully saturated rings. The monoisotopic (exact) mass is 283 g/mol. The average molecular weight is 283 g/mol. The number of benzene rings is 2. The second-order valence-electron chi connectivity index (χ2n) is 5.70. The molecule has 0 aromatic heterocycles. The number of amides is 1. The summed E-state index contributed by atoms with van der Waals surface area (Å²) >= 11 is 0. The summed E-state index contributed by atoms with van der Waals surface area (Å²) in [7, 11) is 0. The van der Waals surface area contributed by atoms with Crippen LogP contribution in [0.15, 0.2) is 54.6 Å². The van der Waals surface area contributed by atoms with Crippen LogP contribution >= 0.6 is 0 Å². The van der Waals surface area contributed by atoms with Gasteiger partial charge in [-0.3, -0.25) is 4.79 Å². The SMILES string of the molecule is CC(C)(O)c1ccc(CNC(=O)Cc2ccccc2)cc1. The lowest BCUT2D eigenvalue weighted by molar-refractivity contribution is -0.120. The molecule has 0 spiro atoms. The molecule has 1 amide bonds. The highest BCUT2D eigenvalue weighted by Gasteiger charge is 2.15. The van der Waals surface area contributed by atoms with Gasteiger partial charge in [0.05, 0.1) is 12.0 Å². The zero-order chi connectivity index (χ0) is 15.3. The van der Waals surface area contributed by atoms with Crippen LogP contribution < -0.4 is 5.32 Å². The Kier molecular flexibility index (Phi) is 4.76. The summed E-state index contributed by atoms with van der Waals surface area (Å²) in [5.41, 5.74) is 2.05. The van der Waals surface area contributed by atoms with Gasteiger partial charge in [-0.1, -0.05) is 54.6 Å². The lowest BCUT2D eigenvalue weighted by atomic mass is 9.97. The maximum atomic E-state index is 11.9. The van der Waals surface area contributed by atoms with Crippen LogP contribution in [-0.4, -0.2) is 11.0 Å². The van der Waals surface area contributed by atoms with Crippen molar-refractivity contribution in [2.45, 2.75) is 32.4 Å². The molecule has 0 unspecified atom stereocenters. The normalized spacial score (nSPS) is 11.2. The quantitative estimate of drug-likeness (QED) is 0.886. The number of aliphatic hydroxyl groups is 1. The first-order chi connectivity index (χ1) is 9.95. The van der Waals surface area contributed by atoms with Crippen molar-refractivity contribution in [3.05, 3.63) is 71.3 Å². The highest BCUT2D eigenvalue weighted by atomic mass is 16.3. The van der Waals surface area contributed by atoms with Crippen molar-refractivity contribution >= 4 is 5.91 Å². The van der Waals surface area contributed by atoms with Crippen LogP contribution in [0.5, 0.6) is 0 Å². The van der Waals surface area contributed by atoms with E-state index in [1.165, 1.54) is 0 Å². The minimum absolute atomic E-state index is 0.00719. The molecule has 3 heteroatoms. The number of carbonyl (C=O) groups excluding carboxylic acids is 1. The average Bonchev–Trinajstić information content (AvgIpc) is 2.46. The molecule has 0 aliphatic heterocycles. The Balaban J connectivity index is 1.87. The van der Waals surface area contributed by atoms with Gasteiger partial charge in [-0.15, -0.1) is 0 Å². The van der Waals surface area contributed by atoms with Crippen LogP contribution in [0.4, 0.5) is 0 Å². The first-order valence-electron chi connectivity index (χ1n) is 7.07. The van der Waals surface area contributed by atoms with E-state index in [1.54, 1.807) is 13.8 Å². The van der Waals surface area contributed by atoms with Gasteiger partial charge in [-0.25, -0.2) is 0 Å². The summed E-state index contributed by atoms with van der Waals surface area (Å²) in [6.07, 6.45) is 0.391. The Labute approximate surface area is 125 Å². The smallest absolute Gasteiger partial charge is 0.224 e. The number of carbonyl (C=O) groups is 1. The Morgan fingerprint density at radius 2 is 1.62 bits per heavy atom. The number of hydrogen-bond acceptors (Lipinski definition) is 2. The molecule has 3 nitrogen and oxygen atoms in total. The van der Waals surface area contributed by atoms with Crippen molar-refractivity contribution in [2.24, 2.45) is 0 Å². The first kappa shape index (κ1) is 15.3. The zero-order valence-corrected chi connectivity index (χ0v) is 12.5. The molecule has 0 saturated carbocycles. The third-order valence-electron chi connectivity index (χ3n) is 3.36. The lowest BCUT2D eigenvalue weighted by Crippen LogP contribution is -2.24. The van der Waals surface area contributed by atoms with E-state index >= 15 is 0 Å². The summed E-state index contributed by atoms with van der Waals surface area (Å²) in [4.78, 5) is 11.9. The molecule has 0 aliphatic carbocycles. The van der Waals surface area contributed by atoms with Gasteiger partial charge in [0.2, 0.25) is 5.91 Å². The van der Waals surface area contributed by atoms with Gasteiger partial charge in [0.15, 0.2) is 0 Å². The highest BCUT2D eigenvalue weighted by molar-refractivity contribution is 5.78. The van der Waals surface area contributed by atoms with Gasteiger partial charge in [0, 0.05) is 6.54 Å². The molecule has 21 heavy (non-hydrogen) atoms. The molecular weight excluding hydrogens is 262 g/mol. The molecule has 0 bridgehead atoms. The van der Waals surface area contributed by atoms with E-state index in [-0.39, 0.29) is 5.91 Å². The predicted molar refractivity (Wildman–Crippen MR) is 83.7 cm³/mol.